The minimum Gasteiger partial charge on any atom is -0.324 e. The second-order valence-corrected chi connectivity index (χ2v) is 7.99. The lowest BCUT2D eigenvalue weighted by Gasteiger charge is -2.11. The lowest BCUT2D eigenvalue weighted by atomic mass is 10.2. The summed E-state index contributed by atoms with van der Waals surface area (Å²) in [6.07, 6.45) is 4.05. The minimum atomic E-state index is -0.590. The van der Waals surface area contributed by atoms with Crippen molar-refractivity contribution in [3.63, 3.8) is 0 Å². The molecule has 2 aromatic carbocycles. The molecular formula is C24H23FN8O. The number of hydrogen-bond donors (Lipinski definition) is 5. The summed E-state index contributed by atoms with van der Waals surface area (Å²) in [5.74, 6) is 2.30. The molecular weight excluding hydrogens is 435 g/mol. The number of aromatic amines is 1. The molecule has 2 amide bonds. The molecule has 2 heterocycles. The molecule has 172 valence electrons. The number of H-pyrrole nitrogens is 1. The highest BCUT2D eigenvalue weighted by Gasteiger charge is 2.25. The molecule has 0 spiro atoms. The standard InChI is InChI=1S/C24H23FN8O/c25-14-15-3-1-4-17(11-15)28-24(34)29-19-6-2-5-18(12-19)27-23-26-10-9-21(31-23)30-22-13-20(32-33-22)16-7-8-16/h1-6,9-13,16H,7-8,14H2,(H2,28,29,34)(H3,26,27,30,31,32,33). The molecule has 2 aromatic heterocycles. The first kappa shape index (κ1) is 21.4. The lowest BCUT2D eigenvalue weighted by Crippen LogP contribution is -2.19. The summed E-state index contributed by atoms with van der Waals surface area (Å²) in [6.45, 7) is -0.590. The highest BCUT2D eigenvalue weighted by atomic mass is 19.1. The number of carbonyl (C=O) groups is 1. The van der Waals surface area contributed by atoms with E-state index in [4.69, 9.17) is 0 Å². The molecule has 0 aliphatic heterocycles. The van der Waals surface area contributed by atoms with Gasteiger partial charge in [0.05, 0.1) is 0 Å². The van der Waals surface area contributed by atoms with Gasteiger partial charge in [-0.25, -0.2) is 14.2 Å². The normalized spacial score (nSPS) is 12.7. The molecule has 0 atom stereocenters. The van der Waals surface area contributed by atoms with Crippen LogP contribution in [0.2, 0.25) is 0 Å². The van der Waals surface area contributed by atoms with Crippen molar-refractivity contribution in [2.24, 2.45) is 0 Å². The van der Waals surface area contributed by atoms with Crippen molar-refractivity contribution < 1.29 is 9.18 Å². The fourth-order valence-corrected chi connectivity index (χ4v) is 3.45. The number of hydrogen-bond acceptors (Lipinski definition) is 6. The monoisotopic (exact) mass is 458 g/mol. The van der Waals surface area contributed by atoms with Crippen molar-refractivity contribution in [2.75, 3.05) is 21.3 Å². The number of carbonyl (C=O) groups excluding carboxylic acids is 1. The Morgan fingerprint density at radius 1 is 0.941 bits per heavy atom. The molecule has 1 aliphatic rings. The van der Waals surface area contributed by atoms with E-state index in [1.54, 1.807) is 54.7 Å². The third-order valence-electron chi connectivity index (χ3n) is 5.24. The average molecular weight is 459 g/mol. The maximum absolute atomic E-state index is 12.8. The first-order valence-corrected chi connectivity index (χ1v) is 10.9. The van der Waals surface area contributed by atoms with Gasteiger partial charge in [-0.1, -0.05) is 18.2 Å². The van der Waals surface area contributed by atoms with Gasteiger partial charge in [0.15, 0.2) is 5.82 Å². The van der Waals surface area contributed by atoms with E-state index < -0.39 is 12.7 Å². The van der Waals surface area contributed by atoms with E-state index in [1.807, 2.05) is 12.1 Å². The van der Waals surface area contributed by atoms with Crippen LogP contribution in [0.3, 0.4) is 0 Å². The SMILES string of the molecule is O=C(Nc1cccc(CF)c1)Nc1cccc(Nc2nccc(Nc3cc(C4CC4)[nH]n3)n2)c1. The van der Waals surface area contributed by atoms with E-state index in [9.17, 15) is 9.18 Å². The van der Waals surface area contributed by atoms with Crippen molar-refractivity contribution in [2.45, 2.75) is 25.4 Å². The summed E-state index contributed by atoms with van der Waals surface area (Å²) in [4.78, 5) is 21.1. The third-order valence-corrected chi connectivity index (χ3v) is 5.24. The first-order chi connectivity index (χ1) is 16.6. The second-order valence-electron chi connectivity index (χ2n) is 7.99. The van der Waals surface area contributed by atoms with Crippen LogP contribution in [0.15, 0.2) is 66.9 Å². The van der Waals surface area contributed by atoms with Crippen LogP contribution in [-0.2, 0) is 6.67 Å². The van der Waals surface area contributed by atoms with Gasteiger partial charge in [-0.3, -0.25) is 5.10 Å². The number of aromatic nitrogens is 4. The molecule has 0 saturated heterocycles. The van der Waals surface area contributed by atoms with E-state index in [1.165, 1.54) is 12.8 Å². The summed E-state index contributed by atoms with van der Waals surface area (Å²) in [6, 6.07) is 17.1. The van der Waals surface area contributed by atoms with Gasteiger partial charge in [0, 0.05) is 40.9 Å². The molecule has 1 fully saturated rings. The summed E-state index contributed by atoms with van der Waals surface area (Å²) >= 11 is 0. The fraction of sp³-hybridized carbons (Fsp3) is 0.167. The number of alkyl halides is 1. The van der Waals surface area contributed by atoms with E-state index in [2.05, 4.69) is 41.4 Å². The zero-order chi connectivity index (χ0) is 23.3. The summed E-state index contributed by atoms with van der Waals surface area (Å²) in [5, 5.41) is 19.1. The summed E-state index contributed by atoms with van der Waals surface area (Å²) in [7, 11) is 0. The molecule has 0 radical (unpaired) electrons. The maximum atomic E-state index is 12.8. The molecule has 5 N–H and O–H groups in total. The van der Waals surface area contributed by atoms with Crippen LogP contribution < -0.4 is 21.3 Å². The number of rotatable bonds is 8. The Morgan fingerprint density at radius 3 is 2.50 bits per heavy atom. The van der Waals surface area contributed by atoms with Gasteiger partial charge in [0.2, 0.25) is 5.95 Å². The van der Waals surface area contributed by atoms with E-state index in [0.717, 1.165) is 5.69 Å². The average Bonchev–Trinajstić information content (AvgIpc) is 3.58. The van der Waals surface area contributed by atoms with Crippen molar-refractivity contribution in [3.8, 4) is 0 Å². The summed E-state index contributed by atoms with van der Waals surface area (Å²) < 4.78 is 12.8. The molecule has 1 saturated carbocycles. The zero-order valence-electron chi connectivity index (χ0n) is 18.2. The van der Waals surface area contributed by atoms with Crippen LogP contribution in [0.1, 0.15) is 30.0 Å². The molecule has 5 rings (SSSR count). The Kier molecular flexibility index (Phi) is 6.02. The Hall–Kier alpha value is -4.47. The second kappa shape index (κ2) is 9.57. The number of halogens is 1. The lowest BCUT2D eigenvalue weighted by molar-refractivity contribution is 0.262. The molecule has 9 nitrogen and oxygen atoms in total. The van der Waals surface area contributed by atoms with Gasteiger partial charge >= 0.3 is 6.03 Å². The van der Waals surface area contributed by atoms with Crippen LogP contribution in [0.4, 0.5) is 43.8 Å². The topological polar surface area (TPSA) is 120 Å². The van der Waals surface area contributed by atoms with Crippen LogP contribution >= 0.6 is 0 Å². The molecule has 4 aromatic rings. The van der Waals surface area contributed by atoms with Crippen molar-refractivity contribution in [1.29, 1.82) is 0 Å². The van der Waals surface area contributed by atoms with Gasteiger partial charge in [0.25, 0.3) is 0 Å². The maximum Gasteiger partial charge on any atom is 0.323 e. The molecule has 10 heteroatoms. The van der Waals surface area contributed by atoms with Crippen molar-refractivity contribution in [3.05, 3.63) is 78.1 Å². The Balaban J connectivity index is 1.21. The number of anilines is 6. The quantitative estimate of drug-likeness (QED) is 0.232. The number of amides is 2. The van der Waals surface area contributed by atoms with Crippen LogP contribution in [0.5, 0.6) is 0 Å². The highest BCUT2D eigenvalue weighted by molar-refractivity contribution is 6.00. The van der Waals surface area contributed by atoms with E-state index >= 15 is 0 Å². The number of nitrogens with zero attached hydrogens (tertiary/aromatic N) is 3. The predicted molar refractivity (Wildman–Crippen MR) is 129 cm³/mol. The minimum absolute atomic E-state index is 0.396. The number of nitrogens with one attached hydrogen (secondary N) is 5. The first-order valence-electron chi connectivity index (χ1n) is 10.9. The molecule has 34 heavy (non-hydrogen) atoms. The van der Waals surface area contributed by atoms with Gasteiger partial charge in [0.1, 0.15) is 12.5 Å². The molecule has 0 bridgehead atoms. The van der Waals surface area contributed by atoms with Gasteiger partial charge < -0.3 is 21.3 Å². The van der Waals surface area contributed by atoms with Crippen LogP contribution in [0, 0.1) is 0 Å². The van der Waals surface area contributed by atoms with Crippen LogP contribution in [0.25, 0.3) is 0 Å². The highest BCUT2D eigenvalue weighted by Crippen LogP contribution is 2.39. The summed E-state index contributed by atoms with van der Waals surface area (Å²) in [5.41, 5.74) is 3.42. The van der Waals surface area contributed by atoms with Crippen LogP contribution in [-0.4, -0.2) is 26.2 Å². The molecule has 1 aliphatic carbocycles. The molecule has 0 unspecified atom stereocenters. The van der Waals surface area contributed by atoms with Crippen molar-refractivity contribution >= 4 is 40.7 Å². The number of urea groups is 1. The van der Waals surface area contributed by atoms with Crippen molar-refractivity contribution in [1.82, 2.24) is 20.2 Å². The number of benzene rings is 2. The largest absolute Gasteiger partial charge is 0.324 e. The van der Waals surface area contributed by atoms with Gasteiger partial charge in [-0.2, -0.15) is 10.1 Å². The van der Waals surface area contributed by atoms with Gasteiger partial charge in [-0.15, -0.1) is 0 Å². The zero-order valence-corrected chi connectivity index (χ0v) is 18.2. The van der Waals surface area contributed by atoms with E-state index in [0.29, 0.717) is 46.1 Å². The third kappa shape index (κ3) is 5.47. The Bertz CT molecular complexity index is 1300. The van der Waals surface area contributed by atoms with Gasteiger partial charge in [-0.05, 0) is 54.8 Å². The Morgan fingerprint density at radius 2 is 1.71 bits per heavy atom. The smallest absolute Gasteiger partial charge is 0.323 e. The fourth-order valence-electron chi connectivity index (χ4n) is 3.45. The predicted octanol–water partition coefficient (Wildman–Crippen LogP) is 5.68. The van der Waals surface area contributed by atoms with E-state index in [-0.39, 0.29) is 0 Å². The Labute approximate surface area is 195 Å².